The average Bonchev–Trinajstić information content (AvgIpc) is 3.58. The molecule has 36 heavy (non-hydrogen) atoms. The van der Waals surface area contributed by atoms with Crippen LogP contribution in [0.1, 0.15) is 24.3 Å². The smallest absolute Gasteiger partial charge is 0.159 e. The Bertz CT molecular complexity index is 1640. The van der Waals surface area contributed by atoms with Crippen molar-refractivity contribution in [2.75, 3.05) is 20.6 Å². The third-order valence-corrected chi connectivity index (χ3v) is 7.16. The van der Waals surface area contributed by atoms with E-state index in [1.165, 1.54) is 21.6 Å². The largest absolute Gasteiger partial charge is 0.335 e. The minimum Gasteiger partial charge on any atom is -0.335 e. The van der Waals surface area contributed by atoms with Crippen molar-refractivity contribution in [2.24, 2.45) is 0 Å². The van der Waals surface area contributed by atoms with Gasteiger partial charge in [0.1, 0.15) is 11.2 Å². The van der Waals surface area contributed by atoms with E-state index in [1.54, 1.807) is 11.3 Å². The highest BCUT2D eigenvalue weighted by atomic mass is 32.1. The summed E-state index contributed by atoms with van der Waals surface area (Å²) in [6, 6.07) is 10.7. The lowest BCUT2D eigenvalue weighted by atomic mass is 9.97. The summed E-state index contributed by atoms with van der Waals surface area (Å²) < 4.78 is 0. The summed E-state index contributed by atoms with van der Waals surface area (Å²) in [4.78, 5) is 17.5. The molecule has 6 nitrogen and oxygen atoms in total. The van der Waals surface area contributed by atoms with E-state index in [0.717, 1.165) is 56.0 Å². The zero-order chi connectivity index (χ0) is 25.4. The molecule has 1 aromatic carbocycles. The molecule has 0 atom stereocenters. The summed E-state index contributed by atoms with van der Waals surface area (Å²) in [5.41, 5.74) is 9.33. The number of nitrogens with one attached hydrogen (secondary N) is 2. The third-order valence-electron chi connectivity index (χ3n) is 6.13. The standard InChI is InChI=1S/C29H30N6S/c1-7-19(16-35(5)6)12-21(17(2)3)20-9-10-24-22(13-20)28(34-33-24)29-31-25-15-30-14-23(27(25)32-29)26-11-8-18(4)36-26/h7-15H,1,16H2,2-6H3,(H,31,32)(H,33,34)/b19-12+. The molecule has 0 radical (unpaired) electrons. The van der Waals surface area contributed by atoms with E-state index >= 15 is 0 Å². The van der Waals surface area contributed by atoms with Crippen LogP contribution in [0.3, 0.4) is 0 Å². The molecule has 0 aliphatic heterocycles. The molecular formula is C29H30N6S. The zero-order valence-corrected chi connectivity index (χ0v) is 22.1. The van der Waals surface area contributed by atoms with Gasteiger partial charge in [0.2, 0.25) is 0 Å². The van der Waals surface area contributed by atoms with Crippen LogP contribution in [0.25, 0.3) is 49.5 Å². The van der Waals surface area contributed by atoms with Crippen molar-refractivity contribution in [2.45, 2.75) is 20.8 Å². The second kappa shape index (κ2) is 9.68. The Balaban J connectivity index is 1.61. The number of rotatable bonds is 7. The van der Waals surface area contributed by atoms with Crippen LogP contribution in [0.4, 0.5) is 0 Å². The van der Waals surface area contributed by atoms with Crippen molar-refractivity contribution in [3.8, 4) is 22.0 Å². The van der Waals surface area contributed by atoms with Crippen LogP contribution in [0.5, 0.6) is 0 Å². The molecule has 5 aromatic rings. The molecule has 0 saturated heterocycles. The number of benzene rings is 1. The first-order valence-electron chi connectivity index (χ1n) is 11.9. The normalized spacial score (nSPS) is 12.1. The van der Waals surface area contributed by atoms with Gasteiger partial charge in [0.15, 0.2) is 5.82 Å². The van der Waals surface area contributed by atoms with Crippen molar-refractivity contribution in [1.29, 1.82) is 0 Å². The number of aryl methyl sites for hydroxylation is 1. The van der Waals surface area contributed by atoms with Gasteiger partial charge >= 0.3 is 0 Å². The number of thiophene rings is 1. The van der Waals surface area contributed by atoms with E-state index < -0.39 is 0 Å². The van der Waals surface area contributed by atoms with E-state index in [1.807, 2.05) is 18.5 Å². The number of likely N-dealkylation sites (N-methyl/N-ethyl adjacent to an activating group) is 1. The fourth-order valence-electron chi connectivity index (χ4n) is 4.40. The summed E-state index contributed by atoms with van der Waals surface area (Å²) in [6.45, 7) is 11.2. The zero-order valence-electron chi connectivity index (χ0n) is 21.3. The van der Waals surface area contributed by atoms with E-state index in [-0.39, 0.29) is 0 Å². The van der Waals surface area contributed by atoms with Gasteiger partial charge < -0.3 is 9.88 Å². The molecule has 7 heteroatoms. The van der Waals surface area contributed by atoms with Crippen LogP contribution in [-0.4, -0.2) is 50.7 Å². The molecule has 4 aromatic heterocycles. The molecule has 0 unspecified atom stereocenters. The van der Waals surface area contributed by atoms with E-state index in [2.05, 4.69) is 103 Å². The van der Waals surface area contributed by atoms with Gasteiger partial charge in [0, 0.05) is 33.4 Å². The van der Waals surface area contributed by atoms with Gasteiger partial charge in [-0.05, 0) is 81.9 Å². The molecule has 182 valence electrons. The lowest BCUT2D eigenvalue weighted by Gasteiger charge is -2.13. The molecule has 0 amide bonds. The molecule has 0 aliphatic carbocycles. The number of imidazole rings is 1. The summed E-state index contributed by atoms with van der Waals surface area (Å²) in [5, 5.41) is 8.84. The molecule has 4 heterocycles. The van der Waals surface area contributed by atoms with Crippen molar-refractivity contribution >= 4 is 38.8 Å². The molecule has 0 fully saturated rings. The number of fused-ring (bicyclic) bond motifs is 2. The van der Waals surface area contributed by atoms with Crippen molar-refractivity contribution < 1.29 is 0 Å². The van der Waals surface area contributed by atoms with Crippen molar-refractivity contribution in [3.63, 3.8) is 0 Å². The van der Waals surface area contributed by atoms with Crippen molar-refractivity contribution in [3.05, 3.63) is 83.0 Å². The van der Waals surface area contributed by atoms with Gasteiger partial charge in [0.25, 0.3) is 0 Å². The first kappa shape index (κ1) is 23.9. The minimum atomic E-state index is 0.726. The first-order valence-corrected chi connectivity index (χ1v) is 12.7. The molecule has 0 aliphatic rings. The van der Waals surface area contributed by atoms with Crippen molar-refractivity contribution in [1.82, 2.24) is 30.0 Å². The first-order chi connectivity index (χ1) is 17.3. The molecule has 0 saturated carbocycles. The quantitative estimate of drug-likeness (QED) is 0.239. The Morgan fingerprint density at radius 2 is 1.94 bits per heavy atom. The Kier molecular flexibility index (Phi) is 6.43. The minimum absolute atomic E-state index is 0.726. The predicted octanol–water partition coefficient (Wildman–Crippen LogP) is 7.01. The average molecular weight is 495 g/mol. The number of pyridine rings is 1. The number of nitrogens with zero attached hydrogens (tertiary/aromatic N) is 4. The highest BCUT2D eigenvalue weighted by Gasteiger charge is 2.17. The maximum absolute atomic E-state index is 4.98. The fourth-order valence-corrected chi connectivity index (χ4v) is 5.28. The van der Waals surface area contributed by atoms with Crippen LogP contribution < -0.4 is 0 Å². The predicted molar refractivity (Wildman–Crippen MR) is 152 cm³/mol. The summed E-state index contributed by atoms with van der Waals surface area (Å²) in [6.07, 6.45) is 7.87. The van der Waals surface area contributed by atoms with E-state index in [9.17, 15) is 0 Å². The molecule has 0 bridgehead atoms. The van der Waals surface area contributed by atoms with E-state index in [4.69, 9.17) is 4.98 Å². The Hall–Kier alpha value is -3.81. The van der Waals surface area contributed by atoms with Gasteiger partial charge in [-0.3, -0.25) is 10.1 Å². The SMILES string of the molecule is C=C/C(=C\C(=C(C)C)c1ccc2[nH]nc(-c3nc4c(-c5ccc(C)s5)cncc4[nH]3)c2c1)CN(C)C. The Morgan fingerprint density at radius 1 is 1.11 bits per heavy atom. The summed E-state index contributed by atoms with van der Waals surface area (Å²) in [7, 11) is 4.13. The highest BCUT2D eigenvalue weighted by Crippen LogP contribution is 2.35. The van der Waals surface area contributed by atoms with Crippen LogP contribution in [0, 0.1) is 6.92 Å². The Labute approximate surface area is 215 Å². The summed E-state index contributed by atoms with van der Waals surface area (Å²) >= 11 is 1.75. The van der Waals surface area contributed by atoms with Crippen LogP contribution in [0.2, 0.25) is 0 Å². The lowest BCUT2D eigenvalue weighted by Crippen LogP contribution is -2.14. The number of hydrogen-bond acceptors (Lipinski definition) is 5. The fraction of sp³-hybridized carbons (Fsp3) is 0.207. The Morgan fingerprint density at radius 3 is 2.64 bits per heavy atom. The topological polar surface area (TPSA) is 73.5 Å². The monoisotopic (exact) mass is 494 g/mol. The number of hydrogen-bond donors (Lipinski definition) is 2. The van der Waals surface area contributed by atoms with Gasteiger partial charge in [-0.2, -0.15) is 5.10 Å². The van der Waals surface area contributed by atoms with Gasteiger partial charge in [-0.25, -0.2) is 4.98 Å². The third kappa shape index (κ3) is 4.55. The van der Waals surface area contributed by atoms with E-state index in [0.29, 0.717) is 0 Å². The molecule has 0 spiro atoms. The van der Waals surface area contributed by atoms with Crippen LogP contribution in [-0.2, 0) is 0 Å². The number of aromatic amines is 2. The number of aromatic nitrogens is 5. The van der Waals surface area contributed by atoms with Gasteiger partial charge in [-0.15, -0.1) is 11.3 Å². The van der Waals surface area contributed by atoms with Crippen LogP contribution in [0.15, 0.2) is 72.6 Å². The second-order valence-corrected chi connectivity index (χ2v) is 10.8. The lowest BCUT2D eigenvalue weighted by molar-refractivity contribution is 0.449. The molecule has 2 N–H and O–H groups in total. The molecule has 5 rings (SSSR count). The van der Waals surface area contributed by atoms with Crippen LogP contribution >= 0.6 is 11.3 Å². The highest BCUT2D eigenvalue weighted by molar-refractivity contribution is 7.15. The second-order valence-electron chi connectivity index (χ2n) is 9.49. The van der Waals surface area contributed by atoms with Gasteiger partial charge in [-0.1, -0.05) is 24.3 Å². The maximum Gasteiger partial charge on any atom is 0.159 e. The number of allylic oxidation sites excluding steroid dienone is 3. The maximum atomic E-state index is 4.98. The van der Waals surface area contributed by atoms with Gasteiger partial charge in [0.05, 0.1) is 17.2 Å². The number of H-pyrrole nitrogens is 2. The summed E-state index contributed by atoms with van der Waals surface area (Å²) in [5.74, 6) is 0.726. The molecular weight excluding hydrogens is 464 g/mol.